The molecule has 0 unspecified atom stereocenters. The molecule has 2 heterocycles. The van der Waals surface area contributed by atoms with Gasteiger partial charge in [-0.05, 0) is 19.1 Å². The largest absolute Gasteiger partial charge is 0.351 e. The molecule has 7 heteroatoms. The highest BCUT2D eigenvalue weighted by Gasteiger charge is 2.17. The van der Waals surface area contributed by atoms with Crippen LogP contribution in [0.25, 0.3) is 11.0 Å². The summed E-state index contributed by atoms with van der Waals surface area (Å²) in [6.07, 6.45) is 1.46. The number of anilines is 1. The summed E-state index contributed by atoms with van der Waals surface area (Å²) < 4.78 is 4.87. The molecular weight excluding hydrogens is 280 g/mol. The van der Waals surface area contributed by atoms with E-state index in [1.165, 1.54) is 6.20 Å². The molecule has 0 spiro atoms. The molecule has 3 rings (SSSR count). The minimum Gasteiger partial charge on any atom is -0.351 e. The SMILES string of the molecule is Cc1cnoc1C(=O)Nc1nc2ccccc2nc1Cl. The molecular formula is C13H9ClN4O2. The van der Waals surface area contributed by atoms with Crippen molar-refractivity contribution in [3.05, 3.63) is 46.9 Å². The van der Waals surface area contributed by atoms with Crippen LogP contribution in [0.15, 0.2) is 35.0 Å². The first kappa shape index (κ1) is 12.6. The van der Waals surface area contributed by atoms with Crippen molar-refractivity contribution in [1.82, 2.24) is 15.1 Å². The van der Waals surface area contributed by atoms with Crippen LogP contribution in [0.2, 0.25) is 5.15 Å². The maximum absolute atomic E-state index is 12.0. The van der Waals surface area contributed by atoms with Gasteiger partial charge in [0.25, 0.3) is 5.91 Å². The van der Waals surface area contributed by atoms with Gasteiger partial charge in [0.05, 0.1) is 17.2 Å². The maximum atomic E-state index is 12.0. The van der Waals surface area contributed by atoms with Gasteiger partial charge in [-0.2, -0.15) is 0 Å². The molecule has 3 aromatic rings. The molecule has 0 saturated heterocycles. The molecule has 1 N–H and O–H groups in total. The molecule has 0 fully saturated rings. The Labute approximate surface area is 118 Å². The minimum absolute atomic E-state index is 0.120. The molecule has 0 radical (unpaired) electrons. The van der Waals surface area contributed by atoms with Crippen LogP contribution in [0, 0.1) is 6.92 Å². The number of hydrogen-bond donors (Lipinski definition) is 1. The predicted molar refractivity (Wildman–Crippen MR) is 73.7 cm³/mol. The van der Waals surface area contributed by atoms with Crippen molar-refractivity contribution in [3.8, 4) is 0 Å². The molecule has 20 heavy (non-hydrogen) atoms. The number of carbonyl (C=O) groups excluding carboxylic acids is 1. The van der Waals surface area contributed by atoms with Gasteiger partial charge in [-0.3, -0.25) is 4.79 Å². The number of rotatable bonds is 2. The lowest BCUT2D eigenvalue weighted by Crippen LogP contribution is -2.14. The zero-order valence-electron chi connectivity index (χ0n) is 10.4. The number of nitrogens with one attached hydrogen (secondary N) is 1. The Morgan fingerprint density at radius 1 is 1.25 bits per heavy atom. The fourth-order valence-corrected chi connectivity index (χ4v) is 1.91. The van der Waals surface area contributed by atoms with Crippen LogP contribution in [0.1, 0.15) is 16.1 Å². The second kappa shape index (κ2) is 4.90. The second-order valence-corrected chi connectivity index (χ2v) is 4.50. The van der Waals surface area contributed by atoms with Crippen LogP contribution < -0.4 is 5.32 Å². The average molecular weight is 289 g/mol. The highest BCUT2D eigenvalue weighted by molar-refractivity contribution is 6.32. The van der Waals surface area contributed by atoms with Gasteiger partial charge >= 0.3 is 0 Å². The number of para-hydroxylation sites is 2. The number of benzene rings is 1. The van der Waals surface area contributed by atoms with Crippen molar-refractivity contribution in [3.63, 3.8) is 0 Å². The Morgan fingerprint density at radius 3 is 2.60 bits per heavy atom. The molecule has 6 nitrogen and oxygen atoms in total. The van der Waals surface area contributed by atoms with Crippen molar-refractivity contribution in [2.45, 2.75) is 6.92 Å². The number of carbonyl (C=O) groups is 1. The highest BCUT2D eigenvalue weighted by Crippen LogP contribution is 2.21. The van der Waals surface area contributed by atoms with Crippen LogP contribution in [-0.2, 0) is 0 Å². The summed E-state index contributed by atoms with van der Waals surface area (Å²) in [5, 5.41) is 6.24. The summed E-state index contributed by atoms with van der Waals surface area (Å²) in [4.78, 5) is 20.5. The number of aryl methyl sites for hydroxylation is 1. The van der Waals surface area contributed by atoms with Gasteiger partial charge in [-0.1, -0.05) is 28.9 Å². The molecule has 100 valence electrons. The fourth-order valence-electron chi connectivity index (χ4n) is 1.73. The summed E-state index contributed by atoms with van der Waals surface area (Å²) in [5.41, 5.74) is 1.93. The Hall–Kier alpha value is -2.47. The van der Waals surface area contributed by atoms with Crippen molar-refractivity contribution >= 4 is 34.4 Å². The van der Waals surface area contributed by atoms with Crippen molar-refractivity contribution in [1.29, 1.82) is 0 Å². The monoisotopic (exact) mass is 288 g/mol. The van der Waals surface area contributed by atoms with Gasteiger partial charge in [0, 0.05) is 5.56 Å². The van der Waals surface area contributed by atoms with Crippen LogP contribution in [0.5, 0.6) is 0 Å². The van der Waals surface area contributed by atoms with E-state index < -0.39 is 5.91 Å². The lowest BCUT2D eigenvalue weighted by molar-refractivity contribution is 0.0986. The van der Waals surface area contributed by atoms with Crippen LogP contribution in [0.3, 0.4) is 0 Å². The first-order chi connectivity index (χ1) is 9.65. The maximum Gasteiger partial charge on any atom is 0.295 e. The number of fused-ring (bicyclic) bond motifs is 1. The lowest BCUT2D eigenvalue weighted by Gasteiger charge is -2.05. The van der Waals surface area contributed by atoms with E-state index in [4.69, 9.17) is 16.1 Å². The van der Waals surface area contributed by atoms with Gasteiger partial charge in [0.2, 0.25) is 5.76 Å². The molecule has 1 aromatic carbocycles. The van der Waals surface area contributed by atoms with Crippen LogP contribution in [0.4, 0.5) is 5.82 Å². The quantitative estimate of drug-likeness (QED) is 0.784. The molecule has 0 saturated carbocycles. The first-order valence-corrected chi connectivity index (χ1v) is 6.18. The van der Waals surface area contributed by atoms with E-state index in [1.807, 2.05) is 12.1 Å². The van der Waals surface area contributed by atoms with Gasteiger partial charge in [-0.25, -0.2) is 9.97 Å². The normalized spacial score (nSPS) is 10.7. The molecule has 0 aliphatic rings. The Morgan fingerprint density at radius 2 is 1.95 bits per heavy atom. The molecule has 2 aromatic heterocycles. The molecule has 1 amide bonds. The van der Waals surface area contributed by atoms with E-state index in [-0.39, 0.29) is 16.7 Å². The Balaban J connectivity index is 1.96. The van der Waals surface area contributed by atoms with Gasteiger partial charge in [0.1, 0.15) is 0 Å². The van der Waals surface area contributed by atoms with Crippen LogP contribution >= 0.6 is 11.6 Å². The molecule has 0 aliphatic heterocycles. The third kappa shape index (κ3) is 2.21. The average Bonchev–Trinajstić information content (AvgIpc) is 2.86. The number of hydrogen-bond acceptors (Lipinski definition) is 5. The molecule has 0 atom stereocenters. The zero-order valence-corrected chi connectivity index (χ0v) is 11.2. The third-order valence-electron chi connectivity index (χ3n) is 2.71. The van der Waals surface area contributed by atoms with Crippen LogP contribution in [-0.4, -0.2) is 21.0 Å². The highest BCUT2D eigenvalue weighted by atomic mass is 35.5. The Bertz CT molecular complexity index is 800. The summed E-state index contributed by atoms with van der Waals surface area (Å²) in [7, 11) is 0. The standard InChI is InChI=1S/C13H9ClN4O2/c1-7-6-15-20-10(7)13(19)18-12-11(14)16-8-4-2-3-5-9(8)17-12/h2-6H,1H3,(H,17,18,19). The van der Waals surface area contributed by atoms with Crippen molar-refractivity contribution in [2.24, 2.45) is 0 Å². The lowest BCUT2D eigenvalue weighted by atomic mass is 10.3. The number of nitrogens with zero attached hydrogens (tertiary/aromatic N) is 3. The minimum atomic E-state index is -0.466. The van der Waals surface area contributed by atoms with Gasteiger partial charge < -0.3 is 9.84 Å². The third-order valence-corrected chi connectivity index (χ3v) is 2.98. The van der Waals surface area contributed by atoms with E-state index >= 15 is 0 Å². The molecule has 0 bridgehead atoms. The van der Waals surface area contributed by atoms with E-state index in [0.29, 0.717) is 16.6 Å². The second-order valence-electron chi connectivity index (χ2n) is 4.14. The van der Waals surface area contributed by atoms with Gasteiger partial charge in [-0.15, -0.1) is 0 Å². The summed E-state index contributed by atoms with van der Waals surface area (Å²) in [5.74, 6) is -0.159. The van der Waals surface area contributed by atoms with Crippen molar-refractivity contribution in [2.75, 3.05) is 5.32 Å². The number of amides is 1. The van der Waals surface area contributed by atoms with Crippen molar-refractivity contribution < 1.29 is 9.32 Å². The predicted octanol–water partition coefficient (Wildman–Crippen LogP) is 2.83. The van der Waals surface area contributed by atoms with Gasteiger partial charge in [0.15, 0.2) is 11.0 Å². The summed E-state index contributed by atoms with van der Waals surface area (Å²) in [6.45, 7) is 1.72. The number of halogens is 1. The van der Waals surface area contributed by atoms with E-state index in [9.17, 15) is 4.79 Å². The topological polar surface area (TPSA) is 80.9 Å². The fraction of sp³-hybridized carbons (Fsp3) is 0.0769. The zero-order chi connectivity index (χ0) is 14.1. The summed E-state index contributed by atoms with van der Waals surface area (Å²) >= 11 is 6.01. The molecule has 0 aliphatic carbocycles. The van der Waals surface area contributed by atoms with E-state index in [0.717, 1.165) is 0 Å². The first-order valence-electron chi connectivity index (χ1n) is 5.80. The van der Waals surface area contributed by atoms with E-state index in [2.05, 4.69) is 20.4 Å². The van der Waals surface area contributed by atoms with E-state index in [1.54, 1.807) is 19.1 Å². The number of aromatic nitrogens is 3. The Kier molecular flexibility index (Phi) is 3.08. The summed E-state index contributed by atoms with van der Waals surface area (Å²) in [6, 6.07) is 7.25. The smallest absolute Gasteiger partial charge is 0.295 e.